The molecule has 1 fully saturated rings. The minimum atomic E-state index is -0.777. The Morgan fingerprint density at radius 1 is 1.00 bits per heavy atom. The summed E-state index contributed by atoms with van der Waals surface area (Å²) in [6, 6.07) is 20.5. The van der Waals surface area contributed by atoms with Crippen molar-refractivity contribution < 1.29 is 19.7 Å². The third-order valence-electron chi connectivity index (χ3n) is 7.39. The van der Waals surface area contributed by atoms with Gasteiger partial charge in [-0.3, -0.25) is 4.57 Å². The number of nitrogens with zero attached hydrogens (tertiary/aromatic N) is 2. The maximum Gasteiger partial charge on any atom is 0.205 e. The molecule has 3 heterocycles. The number of aromatic nitrogens is 1. The molecule has 0 amide bonds. The van der Waals surface area contributed by atoms with Gasteiger partial charge in [-0.2, -0.15) is 5.26 Å². The van der Waals surface area contributed by atoms with Crippen LogP contribution in [0.3, 0.4) is 0 Å². The van der Waals surface area contributed by atoms with Crippen molar-refractivity contribution in [1.82, 2.24) is 4.57 Å². The summed E-state index contributed by atoms with van der Waals surface area (Å²) in [6.45, 7) is 2.29. The second kappa shape index (κ2) is 7.67. The van der Waals surface area contributed by atoms with Gasteiger partial charge in [0.25, 0.3) is 0 Å². The Bertz CT molecular complexity index is 1540. The summed E-state index contributed by atoms with van der Waals surface area (Å²) in [6.07, 6.45) is 1.91. The Balaban J connectivity index is 1.44. The van der Waals surface area contributed by atoms with Gasteiger partial charge < -0.3 is 19.7 Å². The predicted octanol–water partition coefficient (Wildman–Crippen LogP) is 6.27. The molecule has 1 aromatic heterocycles. The summed E-state index contributed by atoms with van der Waals surface area (Å²) >= 11 is 6.23. The summed E-state index contributed by atoms with van der Waals surface area (Å²) in [4.78, 5) is 0. The zero-order valence-corrected chi connectivity index (χ0v) is 19.8. The average molecular weight is 487 g/mol. The molecular formula is C28H23ClN2O4. The summed E-state index contributed by atoms with van der Waals surface area (Å²) in [5.74, 6) is 0.509. The van der Waals surface area contributed by atoms with E-state index in [9.17, 15) is 15.5 Å². The van der Waals surface area contributed by atoms with E-state index in [4.69, 9.17) is 21.1 Å². The number of ether oxygens (including phenoxy) is 2. The van der Waals surface area contributed by atoms with Crippen molar-refractivity contribution >= 4 is 22.4 Å². The van der Waals surface area contributed by atoms with Crippen molar-refractivity contribution in [2.24, 2.45) is 0 Å². The highest BCUT2D eigenvalue weighted by atomic mass is 35.5. The smallest absolute Gasteiger partial charge is 0.205 e. The van der Waals surface area contributed by atoms with Crippen LogP contribution in [-0.2, 0) is 15.9 Å². The van der Waals surface area contributed by atoms with Crippen molar-refractivity contribution in [3.8, 4) is 29.3 Å². The number of nitriles is 1. The molecule has 2 N–H and O–H groups in total. The molecule has 176 valence electrons. The Kier molecular flexibility index (Phi) is 4.79. The van der Waals surface area contributed by atoms with Crippen molar-refractivity contribution in [2.45, 2.75) is 37.4 Å². The van der Waals surface area contributed by atoms with Crippen LogP contribution in [0.1, 0.15) is 42.9 Å². The first kappa shape index (κ1) is 21.8. The fourth-order valence-corrected chi connectivity index (χ4v) is 5.99. The van der Waals surface area contributed by atoms with Gasteiger partial charge in [0.05, 0.1) is 45.7 Å². The van der Waals surface area contributed by atoms with Crippen LogP contribution in [-0.4, -0.2) is 21.4 Å². The van der Waals surface area contributed by atoms with Gasteiger partial charge in [-0.15, -0.1) is 0 Å². The first-order chi connectivity index (χ1) is 16.9. The topological polar surface area (TPSA) is 87.6 Å². The number of aromatic hydroxyl groups is 2. The van der Waals surface area contributed by atoms with Crippen LogP contribution >= 0.6 is 11.6 Å². The molecule has 0 radical (unpaired) electrons. The largest absolute Gasteiger partial charge is 0.494 e. The van der Waals surface area contributed by atoms with E-state index in [0.29, 0.717) is 52.6 Å². The predicted molar refractivity (Wildman–Crippen MR) is 132 cm³/mol. The lowest BCUT2D eigenvalue weighted by molar-refractivity contribution is -0.0876. The summed E-state index contributed by atoms with van der Waals surface area (Å²) < 4.78 is 13.9. The minimum Gasteiger partial charge on any atom is -0.494 e. The first-order valence-electron chi connectivity index (χ1n) is 11.6. The molecule has 2 aliphatic rings. The van der Waals surface area contributed by atoms with Crippen molar-refractivity contribution in [3.63, 3.8) is 0 Å². The third-order valence-corrected chi connectivity index (χ3v) is 7.71. The molecule has 35 heavy (non-hydrogen) atoms. The van der Waals surface area contributed by atoms with E-state index in [1.54, 1.807) is 18.2 Å². The summed E-state index contributed by atoms with van der Waals surface area (Å²) in [5.41, 5.74) is 0.878. The Morgan fingerprint density at radius 3 is 2.49 bits per heavy atom. The monoisotopic (exact) mass is 486 g/mol. The third kappa shape index (κ3) is 3.05. The fourth-order valence-electron chi connectivity index (χ4n) is 5.80. The van der Waals surface area contributed by atoms with Crippen LogP contribution in [0.2, 0.25) is 5.02 Å². The van der Waals surface area contributed by atoms with E-state index in [-0.39, 0.29) is 11.8 Å². The Morgan fingerprint density at radius 2 is 1.71 bits per heavy atom. The molecule has 2 aliphatic heterocycles. The molecule has 7 heteroatoms. The van der Waals surface area contributed by atoms with Crippen LogP contribution in [0.4, 0.5) is 0 Å². The van der Waals surface area contributed by atoms with Gasteiger partial charge in [0.2, 0.25) is 11.8 Å². The number of halogens is 1. The maximum atomic E-state index is 11.5. The molecule has 4 aromatic rings. The van der Waals surface area contributed by atoms with Gasteiger partial charge in [-0.1, -0.05) is 48.0 Å². The van der Waals surface area contributed by atoms with Gasteiger partial charge in [-0.05, 0) is 44.0 Å². The zero-order chi connectivity index (χ0) is 24.4. The SMILES string of the molecule is C[C@]12CC[C@](CCOc3ccccc3Cl)(O1)c1c2c(O)n(-c2ccc(C#N)c3ccccc23)c1O. The van der Waals surface area contributed by atoms with Crippen LogP contribution in [0, 0.1) is 11.3 Å². The van der Waals surface area contributed by atoms with Gasteiger partial charge in [0.1, 0.15) is 11.4 Å². The molecule has 2 bridgehead atoms. The highest BCUT2D eigenvalue weighted by molar-refractivity contribution is 6.32. The van der Waals surface area contributed by atoms with E-state index in [1.807, 2.05) is 49.4 Å². The lowest BCUT2D eigenvalue weighted by atomic mass is 9.78. The van der Waals surface area contributed by atoms with Crippen molar-refractivity contribution in [1.29, 1.82) is 5.26 Å². The molecule has 6 nitrogen and oxygen atoms in total. The molecule has 0 aliphatic carbocycles. The normalized spacial score (nSPS) is 22.3. The molecular weight excluding hydrogens is 464 g/mol. The van der Waals surface area contributed by atoms with E-state index < -0.39 is 11.2 Å². The molecule has 2 atom stereocenters. The Hall–Kier alpha value is -3.66. The highest BCUT2D eigenvalue weighted by Gasteiger charge is 2.61. The second-order valence-electron chi connectivity index (χ2n) is 9.38. The van der Waals surface area contributed by atoms with Crippen molar-refractivity contribution in [2.75, 3.05) is 6.61 Å². The number of fused-ring (bicyclic) bond motifs is 6. The molecule has 6 rings (SSSR count). The van der Waals surface area contributed by atoms with E-state index in [0.717, 1.165) is 17.2 Å². The number of benzene rings is 3. The quantitative estimate of drug-likeness (QED) is 0.347. The van der Waals surface area contributed by atoms with Crippen molar-refractivity contribution in [3.05, 3.63) is 82.4 Å². The molecule has 0 saturated carbocycles. The van der Waals surface area contributed by atoms with Crippen LogP contribution in [0.15, 0.2) is 60.7 Å². The fraction of sp³-hybridized carbons (Fsp3) is 0.250. The van der Waals surface area contributed by atoms with Crippen LogP contribution < -0.4 is 4.74 Å². The second-order valence-corrected chi connectivity index (χ2v) is 9.79. The lowest BCUT2D eigenvalue weighted by Crippen LogP contribution is -2.25. The van der Waals surface area contributed by atoms with E-state index in [1.165, 1.54) is 4.57 Å². The van der Waals surface area contributed by atoms with Crippen LogP contribution in [0.25, 0.3) is 16.5 Å². The zero-order valence-electron chi connectivity index (χ0n) is 19.1. The number of rotatable bonds is 5. The van der Waals surface area contributed by atoms with Gasteiger partial charge in [0.15, 0.2) is 0 Å². The van der Waals surface area contributed by atoms with E-state index in [2.05, 4.69) is 6.07 Å². The number of para-hydroxylation sites is 1. The molecule has 3 aromatic carbocycles. The minimum absolute atomic E-state index is 0.0385. The standard InChI is InChI=1S/C28H23ClN2O4/c1-27-12-13-28(35-27,14-15-34-22-9-5-4-8-20(22)29)24-23(27)25(32)31(26(24)33)21-11-10-17(16-30)18-6-2-3-7-19(18)21/h2-11,32-33H,12-15H2,1H3/t27-,28-/m1/s1. The molecule has 0 unspecified atom stereocenters. The van der Waals surface area contributed by atoms with Gasteiger partial charge >= 0.3 is 0 Å². The number of hydrogen-bond acceptors (Lipinski definition) is 5. The first-order valence-corrected chi connectivity index (χ1v) is 11.9. The average Bonchev–Trinajstić information content (AvgIpc) is 3.44. The molecule has 0 spiro atoms. The van der Waals surface area contributed by atoms with Gasteiger partial charge in [0, 0.05) is 17.2 Å². The summed E-state index contributed by atoms with van der Waals surface area (Å²) in [7, 11) is 0. The Labute approximate surface area is 207 Å². The van der Waals surface area contributed by atoms with Crippen LogP contribution in [0.5, 0.6) is 17.5 Å². The highest BCUT2D eigenvalue weighted by Crippen LogP contribution is 2.65. The van der Waals surface area contributed by atoms with E-state index >= 15 is 0 Å². The molecule has 1 saturated heterocycles. The number of hydrogen-bond donors (Lipinski definition) is 2. The van der Waals surface area contributed by atoms with Gasteiger partial charge in [-0.25, -0.2) is 0 Å². The lowest BCUT2D eigenvalue weighted by Gasteiger charge is -2.26. The maximum absolute atomic E-state index is 11.5. The summed E-state index contributed by atoms with van der Waals surface area (Å²) in [5, 5.41) is 34.5.